The van der Waals surface area contributed by atoms with Crippen LogP contribution in [-0.4, -0.2) is 29.2 Å². The van der Waals surface area contributed by atoms with Crippen molar-refractivity contribution in [2.45, 2.75) is 51.1 Å². The molecule has 0 radical (unpaired) electrons. The van der Waals surface area contributed by atoms with Gasteiger partial charge in [0.2, 0.25) is 0 Å². The van der Waals surface area contributed by atoms with E-state index < -0.39 is 11.9 Å². The molecule has 1 aromatic heterocycles. The highest BCUT2D eigenvalue weighted by Gasteiger charge is 2.31. The highest BCUT2D eigenvalue weighted by molar-refractivity contribution is 7.09. The van der Waals surface area contributed by atoms with Crippen LogP contribution in [0.1, 0.15) is 37.5 Å². The van der Waals surface area contributed by atoms with Gasteiger partial charge in [-0.2, -0.15) is 0 Å². The van der Waals surface area contributed by atoms with Crippen molar-refractivity contribution in [2.75, 3.05) is 0 Å². The number of carboxylic acids is 1. The summed E-state index contributed by atoms with van der Waals surface area (Å²) in [5, 5.41) is 16.9. The van der Waals surface area contributed by atoms with Gasteiger partial charge in [-0.25, -0.2) is 4.79 Å². The molecule has 1 aliphatic rings. The van der Waals surface area contributed by atoms with Gasteiger partial charge in [-0.15, -0.1) is 11.3 Å². The molecule has 2 rings (SSSR count). The van der Waals surface area contributed by atoms with Crippen molar-refractivity contribution in [1.29, 1.82) is 0 Å². The lowest BCUT2D eigenvalue weighted by molar-refractivity contribution is -0.143. The van der Waals surface area contributed by atoms with Crippen LogP contribution in [0.3, 0.4) is 0 Å². The first-order chi connectivity index (χ1) is 10.1. The van der Waals surface area contributed by atoms with E-state index in [1.165, 1.54) is 4.88 Å². The van der Waals surface area contributed by atoms with Crippen LogP contribution in [0.5, 0.6) is 0 Å². The van der Waals surface area contributed by atoms with Gasteiger partial charge in [0.05, 0.1) is 5.92 Å². The van der Waals surface area contributed by atoms with E-state index in [0.717, 1.165) is 25.7 Å². The number of carbonyl (C=O) groups excluding carboxylic acids is 1. The molecular weight excluding hydrogens is 288 g/mol. The highest BCUT2D eigenvalue weighted by atomic mass is 32.1. The van der Waals surface area contributed by atoms with Crippen molar-refractivity contribution in [1.82, 2.24) is 10.6 Å². The summed E-state index contributed by atoms with van der Waals surface area (Å²) in [5.74, 6) is -1.27. The molecular formula is C15H22N2O3S. The number of carboxylic acid groups (broad SMARTS) is 1. The van der Waals surface area contributed by atoms with Crippen LogP contribution < -0.4 is 10.6 Å². The quantitative estimate of drug-likeness (QED) is 0.782. The Bertz CT molecular complexity index is 475. The van der Waals surface area contributed by atoms with E-state index in [4.69, 9.17) is 0 Å². The number of carbonyl (C=O) groups is 2. The summed E-state index contributed by atoms with van der Waals surface area (Å²) in [7, 11) is 0. The summed E-state index contributed by atoms with van der Waals surface area (Å²) < 4.78 is 0. The molecule has 3 atom stereocenters. The lowest BCUT2D eigenvalue weighted by Crippen LogP contribution is -2.50. The van der Waals surface area contributed by atoms with Gasteiger partial charge in [-0.05, 0) is 31.2 Å². The van der Waals surface area contributed by atoms with Crippen molar-refractivity contribution in [2.24, 2.45) is 5.92 Å². The highest BCUT2D eigenvalue weighted by Crippen LogP contribution is 2.24. The van der Waals surface area contributed by atoms with Crippen molar-refractivity contribution < 1.29 is 14.7 Å². The number of nitrogens with one attached hydrogen (secondary N) is 2. The second-order valence-electron chi connectivity index (χ2n) is 5.64. The van der Waals surface area contributed by atoms with Gasteiger partial charge in [0, 0.05) is 23.4 Å². The molecule has 0 saturated heterocycles. The zero-order chi connectivity index (χ0) is 15.2. The van der Waals surface area contributed by atoms with Crippen LogP contribution in [0.15, 0.2) is 17.5 Å². The van der Waals surface area contributed by atoms with E-state index in [1.54, 1.807) is 11.3 Å². The summed E-state index contributed by atoms with van der Waals surface area (Å²) in [5.41, 5.74) is 0. The first-order valence-corrected chi connectivity index (χ1v) is 8.26. The Morgan fingerprint density at radius 1 is 1.43 bits per heavy atom. The monoisotopic (exact) mass is 310 g/mol. The summed E-state index contributed by atoms with van der Waals surface area (Å²) in [4.78, 5) is 24.4. The Morgan fingerprint density at radius 2 is 2.19 bits per heavy atom. The molecule has 21 heavy (non-hydrogen) atoms. The zero-order valence-corrected chi connectivity index (χ0v) is 13.0. The number of rotatable bonds is 5. The third kappa shape index (κ3) is 4.74. The van der Waals surface area contributed by atoms with Crippen LogP contribution in [0, 0.1) is 5.92 Å². The smallest absolute Gasteiger partial charge is 0.315 e. The van der Waals surface area contributed by atoms with Crippen LogP contribution >= 0.6 is 11.3 Å². The molecule has 5 nitrogen and oxygen atoms in total. The van der Waals surface area contributed by atoms with Gasteiger partial charge >= 0.3 is 12.0 Å². The maximum atomic E-state index is 12.0. The fraction of sp³-hybridized carbons (Fsp3) is 0.600. The molecule has 1 aromatic rings. The number of thiophene rings is 1. The predicted octanol–water partition coefficient (Wildman–Crippen LogP) is 2.62. The molecule has 1 aliphatic carbocycles. The Balaban J connectivity index is 1.81. The van der Waals surface area contributed by atoms with Crippen LogP contribution in [-0.2, 0) is 11.2 Å². The van der Waals surface area contributed by atoms with E-state index in [1.807, 2.05) is 24.4 Å². The molecule has 0 bridgehead atoms. The van der Waals surface area contributed by atoms with Gasteiger partial charge in [0.15, 0.2) is 0 Å². The maximum Gasteiger partial charge on any atom is 0.315 e. The lowest BCUT2D eigenvalue weighted by atomic mass is 9.84. The molecule has 3 N–H and O–H groups in total. The van der Waals surface area contributed by atoms with Crippen molar-refractivity contribution >= 4 is 23.3 Å². The summed E-state index contributed by atoms with van der Waals surface area (Å²) in [6.07, 6.45) is 4.07. The molecule has 1 heterocycles. The van der Waals surface area contributed by atoms with Crippen molar-refractivity contribution in [3.05, 3.63) is 22.4 Å². The van der Waals surface area contributed by atoms with Crippen molar-refractivity contribution in [3.63, 3.8) is 0 Å². The predicted molar refractivity (Wildman–Crippen MR) is 82.5 cm³/mol. The molecule has 1 fully saturated rings. The van der Waals surface area contributed by atoms with E-state index in [-0.39, 0.29) is 18.1 Å². The van der Waals surface area contributed by atoms with Gasteiger partial charge in [-0.1, -0.05) is 18.9 Å². The molecule has 0 aromatic carbocycles. The summed E-state index contributed by atoms with van der Waals surface area (Å²) >= 11 is 1.67. The van der Waals surface area contributed by atoms with Gasteiger partial charge in [-0.3, -0.25) is 4.79 Å². The standard InChI is InChI=1S/C15H22N2O3S/c1-10(9-11-5-4-8-21-11)16-15(20)17-13-7-3-2-6-12(13)14(18)19/h4-5,8,10,12-13H,2-3,6-7,9H2,1H3,(H,18,19)(H2,16,17,20). The molecule has 2 amide bonds. The molecule has 0 spiro atoms. The first-order valence-electron chi connectivity index (χ1n) is 7.38. The first kappa shape index (κ1) is 15.8. The van der Waals surface area contributed by atoms with E-state index >= 15 is 0 Å². The zero-order valence-electron chi connectivity index (χ0n) is 12.2. The average molecular weight is 310 g/mol. The Labute approximate surface area is 128 Å². The molecule has 0 aliphatic heterocycles. The van der Waals surface area contributed by atoms with E-state index in [2.05, 4.69) is 10.6 Å². The van der Waals surface area contributed by atoms with Crippen molar-refractivity contribution in [3.8, 4) is 0 Å². The fourth-order valence-electron chi connectivity index (χ4n) is 2.81. The fourth-order valence-corrected chi connectivity index (χ4v) is 3.65. The molecule has 6 heteroatoms. The molecule has 1 saturated carbocycles. The van der Waals surface area contributed by atoms with Gasteiger partial charge in [0.25, 0.3) is 0 Å². The third-order valence-corrected chi connectivity index (χ3v) is 4.76. The van der Waals surface area contributed by atoms with Crippen LogP contribution in [0.25, 0.3) is 0 Å². The summed E-state index contributed by atoms with van der Waals surface area (Å²) in [6.45, 7) is 1.95. The average Bonchev–Trinajstić information content (AvgIpc) is 2.91. The van der Waals surface area contributed by atoms with Gasteiger partial charge < -0.3 is 15.7 Å². The minimum atomic E-state index is -0.813. The van der Waals surface area contributed by atoms with E-state index in [9.17, 15) is 14.7 Å². The Kier molecular flexibility index (Phi) is 5.61. The topological polar surface area (TPSA) is 78.4 Å². The SMILES string of the molecule is CC(Cc1cccs1)NC(=O)NC1CCCCC1C(=O)O. The lowest BCUT2D eigenvalue weighted by Gasteiger charge is -2.29. The second-order valence-corrected chi connectivity index (χ2v) is 6.67. The van der Waals surface area contributed by atoms with Gasteiger partial charge in [0.1, 0.15) is 0 Å². The molecule has 3 unspecified atom stereocenters. The largest absolute Gasteiger partial charge is 0.481 e. The second kappa shape index (κ2) is 7.45. The maximum absolute atomic E-state index is 12.0. The molecule has 116 valence electrons. The number of urea groups is 1. The van der Waals surface area contributed by atoms with Crippen LogP contribution in [0.4, 0.5) is 4.79 Å². The minimum absolute atomic E-state index is 0.0236. The van der Waals surface area contributed by atoms with E-state index in [0.29, 0.717) is 6.42 Å². The number of amides is 2. The van der Waals surface area contributed by atoms with Crippen LogP contribution in [0.2, 0.25) is 0 Å². The third-order valence-electron chi connectivity index (χ3n) is 3.86. The Morgan fingerprint density at radius 3 is 2.86 bits per heavy atom. The summed E-state index contributed by atoms with van der Waals surface area (Å²) in [6, 6.07) is 3.53. The number of hydrogen-bond donors (Lipinski definition) is 3. The number of aliphatic carboxylic acids is 1. The minimum Gasteiger partial charge on any atom is -0.481 e. The Hall–Kier alpha value is -1.56. The normalized spacial score (nSPS) is 23.3. The number of hydrogen-bond acceptors (Lipinski definition) is 3.